The lowest BCUT2D eigenvalue weighted by Crippen LogP contribution is -2.30. The Hall–Kier alpha value is -4.04. The van der Waals surface area contributed by atoms with Gasteiger partial charge in [0.1, 0.15) is 11.4 Å². The van der Waals surface area contributed by atoms with Crippen LogP contribution < -0.4 is 10.3 Å². The predicted octanol–water partition coefficient (Wildman–Crippen LogP) is 4.50. The zero-order valence-corrected chi connectivity index (χ0v) is 16.4. The fourth-order valence-corrected chi connectivity index (χ4v) is 3.87. The van der Waals surface area contributed by atoms with Crippen molar-refractivity contribution in [1.82, 2.24) is 4.98 Å². The van der Waals surface area contributed by atoms with Gasteiger partial charge in [0.15, 0.2) is 5.43 Å². The number of anilines is 1. The number of halogens is 1. The van der Waals surface area contributed by atoms with Crippen molar-refractivity contribution in [3.8, 4) is 0 Å². The highest BCUT2D eigenvalue weighted by Gasteiger charge is 2.44. The molecule has 2 aromatic heterocycles. The molecule has 0 N–H and O–H groups in total. The van der Waals surface area contributed by atoms with E-state index < -0.39 is 16.9 Å². The van der Waals surface area contributed by atoms with Gasteiger partial charge in [-0.15, -0.1) is 0 Å². The van der Waals surface area contributed by atoms with Gasteiger partial charge in [-0.3, -0.25) is 24.6 Å². The Kier molecular flexibility index (Phi) is 4.30. The lowest BCUT2D eigenvalue weighted by molar-refractivity contribution is -0.384. The number of non-ortho nitro benzene ring substituents is 1. The van der Waals surface area contributed by atoms with Crippen molar-refractivity contribution >= 4 is 40.0 Å². The Labute approximate surface area is 179 Å². The molecule has 31 heavy (non-hydrogen) atoms. The number of benzene rings is 2. The summed E-state index contributed by atoms with van der Waals surface area (Å²) in [4.78, 5) is 42.8. The summed E-state index contributed by atoms with van der Waals surface area (Å²) < 4.78 is 5.83. The molecule has 2 aromatic carbocycles. The van der Waals surface area contributed by atoms with Crippen LogP contribution >= 0.6 is 11.6 Å². The van der Waals surface area contributed by atoms with Crippen molar-refractivity contribution in [2.24, 2.45) is 0 Å². The number of carbonyl (C=O) groups excluding carboxylic acids is 1. The molecule has 1 atom stereocenters. The van der Waals surface area contributed by atoms with E-state index in [0.29, 0.717) is 21.6 Å². The van der Waals surface area contributed by atoms with Gasteiger partial charge in [-0.2, -0.15) is 0 Å². The molecule has 1 amide bonds. The number of rotatable bonds is 3. The van der Waals surface area contributed by atoms with Crippen LogP contribution in [0.5, 0.6) is 0 Å². The molecular formula is C22H12ClN3O5. The van der Waals surface area contributed by atoms with Crippen LogP contribution in [0.4, 0.5) is 11.5 Å². The summed E-state index contributed by atoms with van der Waals surface area (Å²) in [7, 11) is 0. The van der Waals surface area contributed by atoms with E-state index in [0.717, 1.165) is 0 Å². The molecule has 0 bridgehead atoms. The quantitative estimate of drug-likeness (QED) is 0.348. The molecule has 0 spiro atoms. The Morgan fingerprint density at radius 2 is 1.77 bits per heavy atom. The number of hydrogen-bond acceptors (Lipinski definition) is 6. The number of nitro benzene ring substituents is 1. The summed E-state index contributed by atoms with van der Waals surface area (Å²) >= 11 is 5.94. The molecule has 0 aliphatic carbocycles. The topological polar surface area (TPSA) is 107 Å². The van der Waals surface area contributed by atoms with E-state index >= 15 is 0 Å². The first-order chi connectivity index (χ1) is 15.0. The van der Waals surface area contributed by atoms with E-state index in [-0.39, 0.29) is 28.3 Å². The molecule has 1 aliphatic rings. The summed E-state index contributed by atoms with van der Waals surface area (Å²) in [6, 6.07) is 14.6. The van der Waals surface area contributed by atoms with Crippen LogP contribution in [0.3, 0.4) is 0 Å². The zero-order chi connectivity index (χ0) is 21.7. The summed E-state index contributed by atoms with van der Waals surface area (Å²) in [5.74, 6) is -0.340. The van der Waals surface area contributed by atoms with Crippen LogP contribution in [-0.2, 0) is 0 Å². The summed E-state index contributed by atoms with van der Waals surface area (Å²) in [5.41, 5.74) is 0.527. The van der Waals surface area contributed by atoms with E-state index in [2.05, 4.69) is 4.98 Å². The van der Waals surface area contributed by atoms with Crippen LogP contribution in [-0.4, -0.2) is 15.8 Å². The fourth-order valence-electron chi connectivity index (χ4n) is 3.76. The maximum Gasteiger partial charge on any atom is 0.296 e. The molecule has 4 aromatic rings. The molecule has 8 nitrogen and oxygen atoms in total. The van der Waals surface area contributed by atoms with Gasteiger partial charge >= 0.3 is 0 Å². The Bertz CT molecular complexity index is 1410. The number of hydrogen-bond donors (Lipinski definition) is 0. The molecule has 152 valence electrons. The average Bonchev–Trinajstić information content (AvgIpc) is 3.07. The van der Waals surface area contributed by atoms with Crippen molar-refractivity contribution in [2.75, 3.05) is 4.90 Å². The lowest BCUT2D eigenvalue weighted by atomic mass is 9.98. The fraction of sp³-hybridized carbons (Fsp3) is 0.0455. The molecule has 5 rings (SSSR count). The van der Waals surface area contributed by atoms with Crippen molar-refractivity contribution in [2.45, 2.75) is 6.04 Å². The normalized spacial score (nSPS) is 15.3. The number of nitrogens with zero attached hydrogens (tertiary/aromatic N) is 3. The number of pyridine rings is 1. The van der Waals surface area contributed by atoms with Gasteiger partial charge in [0.05, 0.1) is 26.9 Å². The Morgan fingerprint density at radius 1 is 1.03 bits per heavy atom. The van der Waals surface area contributed by atoms with Gasteiger partial charge in [0.2, 0.25) is 5.76 Å². The average molecular weight is 434 g/mol. The highest BCUT2D eigenvalue weighted by molar-refractivity contribution is 6.30. The molecule has 3 heterocycles. The molecule has 0 saturated heterocycles. The van der Waals surface area contributed by atoms with Gasteiger partial charge < -0.3 is 4.42 Å². The standard InChI is InChI=1S/C22H12ClN3O5/c23-13-7-10-17(24-11-13)25-19(12-5-8-14(9-6-12)26(29)30)18-20(27)15-3-1-2-4-16(15)31-21(18)22(25)28/h1-11,19H/t19-/m0/s1. The van der Waals surface area contributed by atoms with E-state index in [9.17, 15) is 19.7 Å². The maximum atomic E-state index is 13.4. The zero-order valence-electron chi connectivity index (χ0n) is 15.7. The van der Waals surface area contributed by atoms with Gasteiger partial charge in [0.25, 0.3) is 11.6 Å². The molecule has 1 aliphatic heterocycles. The third-order valence-corrected chi connectivity index (χ3v) is 5.38. The maximum absolute atomic E-state index is 13.4. The number of carbonyl (C=O) groups is 1. The predicted molar refractivity (Wildman–Crippen MR) is 113 cm³/mol. The van der Waals surface area contributed by atoms with Crippen LogP contribution in [0.1, 0.15) is 27.7 Å². The lowest BCUT2D eigenvalue weighted by Gasteiger charge is -2.24. The molecule has 0 saturated carbocycles. The van der Waals surface area contributed by atoms with Crippen molar-refractivity contribution in [3.63, 3.8) is 0 Å². The SMILES string of the molecule is O=C1c2oc3ccccc3c(=O)c2[C@H](c2ccc([N+](=O)[O-])cc2)N1c1ccc(Cl)cn1. The van der Waals surface area contributed by atoms with Crippen LogP contribution in [0, 0.1) is 10.1 Å². The van der Waals surface area contributed by atoms with E-state index in [4.69, 9.17) is 16.0 Å². The van der Waals surface area contributed by atoms with E-state index in [1.807, 2.05) is 0 Å². The molecular weight excluding hydrogens is 422 g/mol. The number of para-hydroxylation sites is 1. The molecule has 9 heteroatoms. The third kappa shape index (κ3) is 2.96. The summed E-state index contributed by atoms with van der Waals surface area (Å²) in [6.45, 7) is 0. The van der Waals surface area contributed by atoms with Gasteiger partial charge in [-0.05, 0) is 42.0 Å². The van der Waals surface area contributed by atoms with E-state index in [1.165, 1.54) is 35.4 Å². The van der Waals surface area contributed by atoms with Crippen LogP contribution in [0.15, 0.2) is 76.1 Å². The number of amides is 1. The minimum absolute atomic E-state index is 0.0798. The van der Waals surface area contributed by atoms with Gasteiger partial charge in [-0.1, -0.05) is 23.7 Å². The van der Waals surface area contributed by atoms with Gasteiger partial charge in [-0.25, -0.2) is 4.98 Å². The molecule has 0 unspecified atom stereocenters. The largest absolute Gasteiger partial charge is 0.450 e. The summed E-state index contributed by atoms with van der Waals surface area (Å²) in [6.07, 6.45) is 1.39. The third-order valence-electron chi connectivity index (χ3n) is 5.16. The minimum Gasteiger partial charge on any atom is -0.450 e. The number of fused-ring (bicyclic) bond motifs is 2. The van der Waals surface area contributed by atoms with Crippen LogP contribution in [0.25, 0.3) is 11.0 Å². The van der Waals surface area contributed by atoms with Crippen LogP contribution in [0.2, 0.25) is 5.02 Å². The first-order valence-corrected chi connectivity index (χ1v) is 9.58. The van der Waals surface area contributed by atoms with E-state index in [1.54, 1.807) is 36.4 Å². The second-order valence-electron chi connectivity index (χ2n) is 6.93. The second kappa shape index (κ2) is 7.03. The van der Waals surface area contributed by atoms with Gasteiger partial charge in [0, 0.05) is 18.3 Å². The first-order valence-electron chi connectivity index (χ1n) is 9.21. The minimum atomic E-state index is -0.863. The van der Waals surface area contributed by atoms with Crippen molar-refractivity contribution < 1.29 is 14.1 Å². The highest BCUT2D eigenvalue weighted by atomic mass is 35.5. The molecule has 0 radical (unpaired) electrons. The Morgan fingerprint density at radius 3 is 2.45 bits per heavy atom. The first kappa shape index (κ1) is 19.0. The Balaban J connectivity index is 1.78. The van der Waals surface area contributed by atoms with Crippen molar-refractivity contribution in [3.05, 3.63) is 109 Å². The second-order valence-corrected chi connectivity index (χ2v) is 7.37. The highest BCUT2D eigenvalue weighted by Crippen LogP contribution is 2.40. The smallest absolute Gasteiger partial charge is 0.296 e. The monoisotopic (exact) mass is 433 g/mol. The number of nitro groups is 1. The molecule has 0 fully saturated rings. The van der Waals surface area contributed by atoms with Crippen molar-refractivity contribution in [1.29, 1.82) is 0 Å². The summed E-state index contributed by atoms with van der Waals surface area (Å²) in [5, 5.41) is 11.8. The number of aromatic nitrogens is 1.